The normalized spacial score (nSPS) is 16.6. The lowest BCUT2D eigenvalue weighted by atomic mass is 10.2. The minimum absolute atomic E-state index is 0.0856. The van der Waals surface area contributed by atoms with Crippen LogP contribution in [0.2, 0.25) is 0 Å². The molecule has 1 aromatic rings. The molecule has 1 saturated heterocycles. The number of hydrogen-bond acceptors (Lipinski definition) is 10. The molecule has 33 heavy (non-hydrogen) atoms. The monoisotopic (exact) mass is 490 g/mol. The van der Waals surface area contributed by atoms with Crippen LogP contribution in [0.3, 0.4) is 0 Å². The molecule has 1 heterocycles. The van der Waals surface area contributed by atoms with Crippen LogP contribution in [0.15, 0.2) is 29.2 Å². The van der Waals surface area contributed by atoms with Crippen molar-refractivity contribution in [2.45, 2.75) is 37.4 Å². The zero-order valence-electron chi connectivity index (χ0n) is 19.1. The van der Waals surface area contributed by atoms with Gasteiger partial charge in [-0.2, -0.15) is 8.42 Å². The van der Waals surface area contributed by atoms with E-state index in [-0.39, 0.29) is 24.4 Å². The van der Waals surface area contributed by atoms with E-state index < -0.39 is 22.7 Å². The van der Waals surface area contributed by atoms with Gasteiger partial charge in [0, 0.05) is 6.61 Å². The predicted octanol–water partition coefficient (Wildman–Crippen LogP) is 1.84. The first kappa shape index (κ1) is 27.6. The van der Waals surface area contributed by atoms with Crippen LogP contribution in [0.25, 0.3) is 0 Å². The van der Waals surface area contributed by atoms with E-state index in [1.165, 1.54) is 12.1 Å². The highest BCUT2D eigenvalue weighted by Crippen LogP contribution is 2.14. The maximum absolute atomic E-state index is 12.0. The molecule has 0 N–H and O–H groups in total. The van der Waals surface area contributed by atoms with Crippen LogP contribution in [-0.4, -0.2) is 86.7 Å². The molecule has 1 aromatic carbocycles. The third-order valence-electron chi connectivity index (χ3n) is 4.52. The molecule has 188 valence electrons. The number of aryl methyl sites for hydroxylation is 1. The molecule has 0 amide bonds. The van der Waals surface area contributed by atoms with Gasteiger partial charge in [0.25, 0.3) is 0 Å². The van der Waals surface area contributed by atoms with Crippen LogP contribution < -0.4 is 0 Å². The Labute approximate surface area is 195 Å². The van der Waals surface area contributed by atoms with Crippen LogP contribution in [0.5, 0.6) is 0 Å². The van der Waals surface area contributed by atoms with Gasteiger partial charge in [-0.3, -0.25) is 0 Å². The van der Waals surface area contributed by atoms with Crippen molar-refractivity contribution in [3.8, 4) is 0 Å². The Morgan fingerprint density at radius 2 is 1.45 bits per heavy atom. The van der Waals surface area contributed by atoms with E-state index in [2.05, 4.69) is 4.18 Å². The van der Waals surface area contributed by atoms with Gasteiger partial charge in [-0.25, -0.2) is 4.79 Å². The van der Waals surface area contributed by atoms with Gasteiger partial charge in [0.1, 0.15) is 11.5 Å². The standard InChI is InChI=1S/C22H34O10S/c1-19-5-7-20(8-6-19)33(24,25)32-21(23)18-29-15-14-27-11-10-26-12-13-28-16-17-31-22-4-2-3-9-30-22/h5-8,22H,2-4,9-18H2,1H3. The molecule has 1 fully saturated rings. The SMILES string of the molecule is Cc1ccc(S(=O)(=O)OC(=O)COCCOCCOCCOCCOC2CCCCO2)cc1. The molecule has 0 saturated carbocycles. The van der Waals surface area contributed by atoms with Gasteiger partial charge in [-0.1, -0.05) is 17.7 Å². The third-order valence-corrected chi connectivity index (χ3v) is 5.77. The largest absolute Gasteiger partial charge is 0.377 e. The first-order valence-electron chi connectivity index (χ1n) is 11.1. The molecular weight excluding hydrogens is 456 g/mol. The number of carbonyl (C=O) groups is 1. The van der Waals surface area contributed by atoms with Crippen molar-refractivity contribution in [3.63, 3.8) is 0 Å². The maximum atomic E-state index is 12.0. The van der Waals surface area contributed by atoms with Crippen LogP contribution in [-0.2, 0) is 47.5 Å². The molecule has 0 aliphatic carbocycles. The zero-order valence-corrected chi connectivity index (χ0v) is 19.9. The van der Waals surface area contributed by atoms with Crippen LogP contribution in [0, 0.1) is 6.92 Å². The second-order valence-corrected chi connectivity index (χ2v) is 8.83. The number of hydrogen-bond donors (Lipinski definition) is 0. The Hall–Kier alpha value is -1.60. The minimum atomic E-state index is -4.15. The lowest BCUT2D eigenvalue weighted by molar-refractivity contribution is -0.169. The topological polar surface area (TPSA) is 116 Å². The molecule has 2 rings (SSSR count). The first-order valence-corrected chi connectivity index (χ1v) is 12.5. The summed E-state index contributed by atoms with van der Waals surface area (Å²) in [5.74, 6) is -0.990. The Morgan fingerprint density at radius 1 is 0.879 bits per heavy atom. The maximum Gasteiger partial charge on any atom is 0.348 e. The Balaban J connectivity index is 1.36. The van der Waals surface area contributed by atoms with Crippen LogP contribution >= 0.6 is 0 Å². The van der Waals surface area contributed by atoms with Crippen molar-refractivity contribution in [1.82, 2.24) is 0 Å². The Bertz CT molecular complexity index is 760. The summed E-state index contributed by atoms with van der Waals surface area (Å²) >= 11 is 0. The molecule has 0 radical (unpaired) electrons. The van der Waals surface area contributed by atoms with Gasteiger partial charge in [-0.05, 0) is 38.3 Å². The van der Waals surface area contributed by atoms with Crippen molar-refractivity contribution in [1.29, 1.82) is 0 Å². The second-order valence-electron chi connectivity index (χ2n) is 7.28. The average Bonchev–Trinajstić information content (AvgIpc) is 2.80. The summed E-state index contributed by atoms with van der Waals surface area (Å²) in [6.45, 7) is 5.11. The number of benzene rings is 1. The summed E-state index contributed by atoms with van der Waals surface area (Å²) in [4.78, 5) is 11.6. The van der Waals surface area contributed by atoms with E-state index >= 15 is 0 Å². The molecular formula is C22H34O10S. The number of ether oxygens (including phenoxy) is 6. The average molecular weight is 491 g/mol. The van der Waals surface area contributed by atoms with Gasteiger partial charge >= 0.3 is 16.1 Å². The molecule has 0 aromatic heterocycles. The van der Waals surface area contributed by atoms with Crippen molar-refractivity contribution < 1.29 is 45.8 Å². The van der Waals surface area contributed by atoms with Crippen molar-refractivity contribution in [3.05, 3.63) is 29.8 Å². The van der Waals surface area contributed by atoms with Gasteiger partial charge in [0.15, 0.2) is 6.29 Å². The van der Waals surface area contributed by atoms with E-state index in [1.54, 1.807) is 12.1 Å². The van der Waals surface area contributed by atoms with E-state index in [0.717, 1.165) is 31.4 Å². The molecule has 1 unspecified atom stereocenters. The summed E-state index contributed by atoms with van der Waals surface area (Å²) in [5.41, 5.74) is 0.897. The summed E-state index contributed by atoms with van der Waals surface area (Å²) < 4.78 is 60.7. The molecule has 11 heteroatoms. The second kappa shape index (κ2) is 16.1. The van der Waals surface area contributed by atoms with E-state index in [9.17, 15) is 13.2 Å². The predicted molar refractivity (Wildman–Crippen MR) is 117 cm³/mol. The Kier molecular flexibility index (Phi) is 13.5. The smallest absolute Gasteiger partial charge is 0.348 e. The quantitative estimate of drug-likeness (QED) is 0.237. The summed E-state index contributed by atoms with van der Waals surface area (Å²) in [6.07, 6.45) is 3.07. The van der Waals surface area contributed by atoms with Crippen molar-refractivity contribution >= 4 is 16.1 Å². The highest BCUT2D eigenvalue weighted by atomic mass is 32.2. The fraction of sp³-hybridized carbons (Fsp3) is 0.682. The highest BCUT2D eigenvalue weighted by molar-refractivity contribution is 7.87. The molecule has 0 spiro atoms. The minimum Gasteiger partial charge on any atom is -0.377 e. The van der Waals surface area contributed by atoms with Crippen LogP contribution in [0.1, 0.15) is 24.8 Å². The van der Waals surface area contributed by atoms with E-state index in [1.807, 2.05) is 6.92 Å². The van der Waals surface area contributed by atoms with Gasteiger partial charge in [-0.15, -0.1) is 0 Å². The summed E-state index contributed by atoms with van der Waals surface area (Å²) in [6, 6.07) is 6.00. The van der Waals surface area contributed by atoms with Crippen molar-refractivity contribution in [2.24, 2.45) is 0 Å². The fourth-order valence-electron chi connectivity index (χ4n) is 2.80. The summed E-state index contributed by atoms with van der Waals surface area (Å²) in [5, 5.41) is 0. The number of carbonyl (C=O) groups excluding carboxylic acids is 1. The van der Waals surface area contributed by atoms with Gasteiger partial charge < -0.3 is 32.6 Å². The van der Waals surface area contributed by atoms with Gasteiger partial charge in [0.2, 0.25) is 0 Å². The molecule has 1 aliphatic rings. The first-order chi connectivity index (χ1) is 16.0. The molecule has 0 bridgehead atoms. The lowest BCUT2D eigenvalue weighted by Gasteiger charge is -2.22. The lowest BCUT2D eigenvalue weighted by Crippen LogP contribution is -2.24. The summed E-state index contributed by atoms with van der Waals surface area (Å²) in [7, 11) is -4.15. The zero-order chi connectivity index (χ0) is 23.8. The van der Waals surface area contributed by atoms with E-state index in [0.29, 0.717) is 39.6 Å². The molecule has 1 aliphatic heterocycles. The fourth-order valence-corrected chi connectivity index (χ4v) is 3.65. The molecule has 10 nitrogen and oxygen atoms in total. The Morgan fingerprint density at radius 3 is 2.03 bits per heavy atom. The van der Waals surface area contributed by atoms with Crippen LogP contribution in [0.4, 0.5) is 0 Å². The third kappa shape index (κ3) is 12.4. The molecule has 1 atom stereocenters. The number of rotatable bonds is 17. The van der Waals surface area contributed by atoms with Crippen molar-refractivity contribution in [2.75, 3.05) is 66.1 Å². The van der Waals surface area contributed by atoms with E-state index in [4.69, 9.17) is 28.4 Å². The van der Waals surface area contributed by atoms with Gasteiger partial charge in [0.05, 0.1) is 52.9 Å². The highest BCUT2D eigenvalue weighted by Gasteiger charge is 2.20.